The van der Waals surface area contributed by atoms with E-state index in [0.29, 0.717) is 13.0 Å². The minimum absolute atomic E-state index is 0.0489. The highest BCUT2D eigenvalue weighted by Crippen LogP contribution is 2.22. The van der Waals surface area contributed by atoms with Gasteiger partial charge in [0.15, 0.2) is 9.84 Å². The van der Waals surface area contributed by atoms with Gasteiger partial charge in [0.25, 0.3) is 0 Å². The Hall–Kier alpha value is -0.920. The molecule has 0 bridgehead atoms. The number of hydrogen-bond donors (Lipinski definition) is 1. The van der Waals surface area contributed by atoms with E-state index >= 15 is 0 Å². The van der Waals surface area contributed by atoms with E-state index in [-0.39, 0.29) is 24.1 Å². The van der Waals surface area contributed by atoms with Crippen molar-refractivity contribution in [3.05, 3.63) is 33.8 Å². The zero-order valence-corrected chi connectivity index (χ0v) is 14.2. The highest BCUT2D eigenvalue weighted by molar-refractivity contribution is 9.10. The lowest BCUT2D eigenvalue weighted by molar-refractivity contribution is -0.139. The van der Waals surface area contributed by atoms with Crippen molar-refractivity contribution in [3.8, 4) is 0 Å². The van der Waals surface area contributed by atoms with E-state index in [2.05, 4.69) is 15.9 Å². The number of nitrogens with zero attached hydrogens (tertiary/aromatic N) is 1. The molecular weight excluding hydrogens is 358 g/mol. The summed E-state index contributed by atoms with van der Waals surface area (Å²) in [5.74, 6) is -0.746. The zero-order chi connectivity index (χ0) is 15.6. The van der Waals surface area contributed by atoms with E-state index in [4.69, 9.17) is 5.11 Å². The average Bonchev–Trinajstić information content (AvgIpc) is 2.73. The van der Waals surface area contributed by atoms with Gasteiger partial charge in [-0.05, 0) is 30.5 Å². The predicted molar refractivity (Wildman–Crippen MR) is 84.0 cm³/mol. The number of hydrogen-bond acceptors (Lipinski definition) is 4. The lowest BCUT2D eigenvalue weighted by Crippen LogP contribution is -2.39. The van der Waals surface area contributed by atoms with Crippen molar-refractivity contribution in [2.45, 2.75) is 25.9 Å². The lowest BCUT2D eigenvalue weighted by atomic mass is 10.1. The molecule has 1 aromatic rings. The summed E-state index contributed by atoms with van der Waals surface area (Å²) < 4.78 is 24.2. The molecule has 1 aromatic carbocycles. The van der Waals surface area contributed by atoms with Crippen LogP contribution < -0.4 is 0 Å². The molecule has 0 saturated carbocycles. The van der Waals surface area contributed by atoms with Crippen molar-refractivity contribution in [1.29, 1.82) is 0 Å². The van der Waals surface area contributed by atoms with Gasteiger partial charge >= 0.3 is 5.97 Å². The third-order valence-corrected chi connectivity index (χ3v) is 6.29. The number of rotatable bonds is 5. The van der Waals surface area contributed by atoms with Gasteiger partial charge in [0.2, 0.25) is 0 Å². The summed E-state index contributed by atoms with van der Waals surface area (Å²) in [4.78, 5) is 12.8. The molecule has 2 rings (SSSR count). The van der Waals surface area contributed by atoms with Crippen molar-refractivity contribution in [2.75, 3.05) is 18.1 Å². The zero-order valence-electron chi connectivity index (χ0n) is 11.8. The highest BCUT2D eigenvalue weighted by Gasteiger charge is 2.33. The average molecular weight is 376 g/mol. The Balaban J connectivity index is 2.16. The van der Waals surface area contributed by atoms with Gasteiger partial charge in [-0.1, -0.05) is 28.1 Å². The van der Waals surface area contributed by atoms with E-state index in [0.717, 1.165) is 15.6 Å². The molecule has 0 amide bonds. The van der Waals surface area contributed by atoms with Crippen molar-refractivity contribution in [2.24, 2.45) is 0 Å². The van der Waals surface area contributed by atoms with Crippen LogP contribution in [0.1, 0.15) is 17.5 Å². The molecule has 1 saturated heterocycles. The van der Waals surface area contributed by atoms with Gasteiger partial charge in [-0.2, -0.15) is 0 Å². The molecule has 1 fully saturated rings. The second kappa shape index (κ2) is 6.46. The van der Waals surface area contributed by atoms with Crippen LogP contribution in [0, 0.1) is 6.92 Å². The molecule has 1 atom stereocenters. The number of aryl methyl sites for hydroxylation is 1. The second-order valence-electron chi connectivity index (χ2n) is 5.44. The van der Waals surface area contributed by atoms with Crippen LogP contribution in [0.25, 0.3) is 0 Å². The molecule has 5 nitrogen and oxygen atoms in total. The molecule has 1 aliphatic heterocycles. The maximum Gasteiger partial charge on any atom is 0.317 e. The quantitative estimate of drug-likeness (QED) is 0.849. The van der Waals surface area contributed by atoms with Crippen LogP contribution in [0.15, 0.2) is 22.7 Å². The minimum atomic E-state index is -3.03. The number of carbonyl (C=O) groups is 1. The van der Waals surface area contributed by atoms with Crippen molar-refractivity contribution in [1.82, 2.24) is 4.90 Å². The summed E-state index contributed by atoms with van der Waals surface area (Å²) in [7, 11) is -3.03. The fraction of sp³-hybridized carbons (Fsp3) is 0.500. The molecule has 1 heterocycles. The maximum absolute atomic E-state index is 11.6. The number of halogens is 1. The van der Waals surface area contributed by atoms with E-state index in [1.807, 2.05) is 25.1 Å². The summed E-state index contributed by atoms with van der Waals surface area (Å²) >= 11 is 3.46. The Kier molecular flexibility index (Phi) is 5.06. The third kappa shape index (κ3) is 4.52. The first-order valence-electron chi connectivity index (χ1n) is 6.68. The molecule has 116 valence electrons. The SMILES string of the molecule is Cc1ccc(CN(CC(=O)O)C2CCS(=O)(=O)C2)cc1Br. The Morgan fingerprint density at radius 3 is 2.71 bits per heavy atom. The topological polar surface area (TPSA) is 74.7 Å². The van der Waals surface area contributed by atoms with Gasteiger partial charge < -0.3 is 5.11 Å². The summed E-state index contributed by atoms with van der Waals surface area (Å²) in [6.45, 7) is 2.27. The molecule has 1 aliphatic rings. The van der Waals surface area contributed by atoms with Gasteiger partial charge in [0, 0.05) is 17.1 Å². The van der Waals surface area contributed by atoms with Gasteiger partial charge in [0.1, 0.15) is 0 Å². The second-order valence-corrected chi connectivity index (χ2v) is 8.52. The molecule has 0 aromatic heterocycles. The Labute approximate surface area is 133 Å². The Morgan fingerprint density at radius 1 is 1.48 bits per heavy atom. The molecule has 0 radical (unpaired) electrons. The maximum atomic E-state index is 11.6. The van der Waals surface area contributed by atoms with Crippen LogP contribution in [-0.2, 0) is 21.2 Å². The highest BCUT2D eigenvalue weighted by atomic mass is 79.9. The Morgan fingerprint density at radius 2 is 2.19 bits per heavy atom. The minimum Gasteiger partial charge on any atom is -0.480 e. The molecule has 21 heavy (non-hydrogen) atoms. The summed E-state index contributed by atoms with van der Waals surface area (Å²) in [5, 5.41) is 9.05. The smallest absolute Gasteiger partial charge is 0.317 e. The first-order chi connectivity index (χ1) is 9.77. The molecule has 0 spiro atoms. The fourth-order valence-electron chi connectivity index (χ4n) is 2.52. The first-order valence-corrected chi connectivity index (χ1v) is 9.29. The van der Waals surface area contributed by atoms with E-state index in [1.165, 1.54) is 0 Å². The fourth-order valence-corrected chi connectivity index (χ4v) is 4.71. The number of sulfone groups is 1. The number of benzene rings is 1. The van der Waals surface area contributed by atoms with E-state index in [9.17, 15) is 13.2 Å². The van der Waals surface area contributed by atoms with Gasteiger partial charge in [-0.3, -0.25) is 9.69 Å². The Bertz CT molecular complexity index is 644. The van der Waals surface area contributed by atoms with Crippen LogP contribution in [0.3, 0.4) is 0 Å². The van der Waals surface area contributed by atoms with Gasteiger partial charge in [-0.15, -0.1) is 0 Å². The van der Waals surface area contributed by atoms with E-state index in [1.54, 1.807) is 4.90 Å². The van der Waals surface area contributed by atoms with Crippen LogP contribution in [-0.4, -0.2) is 48.5 Å². The predicted octanol–water partition coefficient (Wildman–Crippen LogP) is 1.83. The number of carboxylic acids is 1. The molecule has 0 aliphatic carbocycles. The standard InChI is InChI=1S/C14H18BrNO4S/c1-10-2-3-11(6-13(10)15)7-16(8-14(17)18)12-4-5-21(19,20)9-12/h2-3,6,12H,4-5,7-9H2,1H3,(H,17,18). The summed E-state index contributed by atoms with van der Waals surface area (Å²) in [6, 6.07) is 5.64. The number of aliphatic carboxylic acids is 1. The van der Waals surface area contributed by atoms with Crippen LogP contribution >= 0.6 is 15.9 Å². The van der Waals surface area contributed by atoms with Crippen LogP contribution in [0.5, 0.6) is 0 Å². The third-order valence-electron chi connectivity index (χ3n) is 3.69. The van der Waals surface area contributed by atoms with Crippen molar-refractivity contribution in [3.63, 3.8) is 0 Å². The normalized spacial score (nSPS) is 20.8. The van der Waals surface area contributed by atoms with Crippen molar-refractivity contribution < 1.29 is 18.3 Å². The molecule has 1 unspecified atom stereocenters. The number of carboxylic acid groups (broad SMARTS) is 1. The van der Waals surface area contributed by atoms with E-state index < -0.39 is 15.8 Å². The van der Waals surface area contributed by atoms with Gasteiger partial charge in [0.05, 0.1) is 18.1 Å². The van der Waals surface area contributed by atoms with Gasteiger partial charge in [-0.25, -0.2) is 8.42 Å². The molecule has 1 N–H and O–H groups in total. The van der Waals surface area contributed by atoms with Crippen LogP contribution in [0.4, 0.5) is 0 Å². The summed E-state index contributed by atoms with van der Waals surface area (Å²) in [5.41, 5.74) is 2.07. The monoisotopic (exact) mass is 375 g/mol. The first kappa shape index (κ1) is 16.5. The lowest BCUT2D eigenvalue weighted by Gasteiger charge is -2.26. The van der Waals surface area contributed by atoms with Crippen LogP contribution in [0.2, 0.25) is 0 Å². The molecule has 7 heteroatoms. The molecular formula is C14H18BrNO4S. The summed E-state index contributed by atoms with van der Waals surface area (Å²) in [6.07, 6.45) is 0.503. The largest absolute Gasteiger partial charge is 0.480 e. The van der Waals surface area contributed by atoms with Crippen molar-refractivity contribution >= 4 is 31.7 Å².